The summed E-state index contributed by atoms with van der Waals surface area (Å²) in [5.74, 6) is 0.645. The summed E-state index contributed by atoms with van der Waals surface area (Å²) in [5.41, 5.74) is 4.34. The molecule has 3 heteroatoms. The lowest BCUT2D eigenvalue weighted by Gasteiger charge is -2.27. The first-order valence-corrected chi connectivity index (χ1v) is 12.0. The van der Waals surface area contributed by atoms with E-state index in [-0.39, 0.29) is 11.9 Å². The second kappa shape index (κ2) is 11.7. The first kappa shape index (κ1) is 23.1. The fourth-order valence-electron chi connectivity index (χ4n) is 4.54. The fourth-order valence-corrected chi connectivity index (χ4v) is 4.54. The second-order valence-corrected chi connectivity index (χ2v) is 8.82. The number of esters is 1. The van der Waals surface area contributed by atoms with E-state index < -0.39 is 0 Å². The number of carbonyl (C=O) groups is 1. The van der Waals surface area contributed by atoms with Gasteiger partial charge in [-0.25, -0.2) is 0 Å². The number of unbranched alkanes of at least 4 members (excludes halogenated alkanes) is 3. The average Bonchev–Trinajstić information content (AvgIpc) is 2.82. The highest BCUT2D eigenvalue weighted by Gasteiger charge is 2.29. The molecule has 0 spiro atoms. The standard InChI is InChI=1S/C28H35NO2/c1-3-5-6-7-8-22-9-12-23(13-10-22)24-14-16-25(17-15-24)28(30)31-27-18-11-21(4-2)19-26(27)20-29/h9-13,18-19,24-25H,3-8,14-17H2,1-2H3. The van der Waals surface area contributed by atoms with Crippen molar-refractivity contribution in [3.8, 4) is 11.8 Å². The first-order chi connectivity index (χ1) is 15.1. The molecule has 0 heterocycles. The molecule has 3 rings (SSSR count). The van der Waals surface area contributed by atoms with Crippen molar-refractivity contribution in [3.05, 3.63) is 64.7 Å². The fraction of sp³-hybridized carbons (Fsp3) is 0.500. The van der Waals surface area contributed by atoms with E-state index >= 15 is 0 Å². The summed E-state index contributed by atoms with van der Waals surface area (Å²) in [5, 5.41) is 9.37. The van der Waals surface area contributed by atoms with Gasteiger partial charge in [-0.3, -0.25) is 4.79 Å². The molecule has 1 aliphatic carbocycles. The van der Waals surface area contributed by atoms with Crippen LogP contribution in [0.5, 0.6) is 5.75 Å². The highest BCUT2D eigenvalue weighted by Crippen LogP contribution is 2.37. The van der Waals surface area contributed by atoms with Gasteiger partial charge in [0.25, 0.3) is 0 Å². The Morgan fingerprint density at radius 1 is 0.968 bits per heavy atom. The largest absolute Gasteiger partial charge is 0.425 e. The molecule has 2 aromatic rings. The number of hydrogen-bond acceptors (Lipinski definition) is 3. The van der Waals surface area contributed by atoms with Crippen LogP contribution in [-0.4, -0.2) is 5.97 Å². The lowest BCUT2D eigenvalue weighted by atomic mass is 9.78. The van der Waals surface area contributed by atoms with Crippen LogP contribution >= 0.6 is 0 Å². The van der Waals surface area contributed by atoms with E-state index in [9.17, 15) is 10.1 Å². The monoisotopic (exact) mass is 417 g/mol. The van der Waals surface area contributed by atoms with Crippen molar-refractivity contribution in [1.29, 1.82) is 5.26 Å². The third-order valence-corrected chi connectivity index (χ3v) is 6.61. The minimum atomic E-state index is -0.193. The molecule has 1 saturated carbocycles. The molecule has 3 nitrogen and oxygen atoms in total. The highest BCUT2D eigenvalue weighted by atomic mass is 16.5. The van der Waals surface area contributed by atoms with Crippen molar-refractivity contribution in [2.24, 2.45) is 5.92 Å². The lowest BCUT2D eigenvalue weighted by molar-refractivity contribution is -0.140. The van der Waals surface area contributed by atoms with Crippen molar-refractivity contribution in [3.63, 3.8) is 0 Å². The molecule has 1 aliphatic rings. The number of benzene rings is 2. The molecule has 0 amide bonds. The van der Waals surface area contributed by atoms with Crippen LogP contribution in [0.2, 0.25) is 0 Å². The molecule has 164 valence electrons. The van der Waals surface area contributed by atoms with Gasteiger partial charge >= 0.3 is 5.97 Å². The highest BCUT2D eigenvalue weighted by molar-refractivity contribution is 5.76. The van der Waals surface area contributed by atoms with Crippen molar-refractivity contribution < 1.29 is 9.53 Å². The van der Waals surface area contributed by atoms with Crippen LogP contribution in [0.1, 0.15) is 93.4 Å². The van der Waals surface area contributed by atoms with Gasteiger partial charge in [0.15, 0.2) is 0 Å². The molecule has 0 unspecified atom stereocenters. The maximum Gasteiger partial charge on any atom is 0.314 e. The van der Waals surface area contributed by atoms with Gasteiger partial charge in [-0.15, -0.1) is 0 Å². The van der Waals surface area contributed by atoms with Crippen LogP contribution in [0.15, 0.2) is 42.5 Å². The van der Waals surface area contributed by atoms with Crippen molar-refractivity contribution >= 4 is 5.97 Å². The number of carbonyl (C=O) groups excluding carboxylic acids is 1. The molecule has 0 atom stereocenters. The Hall–Kier alpha value is -2.60. The van der Waals surface area contributed by atoms with E-state index in [1.807, 2.05) is 19.1 Å². The minimum absolute atomic E-state index is 0.0773. The third kappa shape index (κ3) is 6.44. The Labute approximate surface area is 187 Å². The van der Waals surface area contributed by atoms with Crippen molar-refractivity contribution in [2.75, 3.05) is 0 Å². The molecule has 0 radical (unpaired) electrons. The minimum Gasteiger partial charge on any atom is -0.425 e. The van der Waals surface area contributed by atoms with Gasteiger partial charge in [0.05, 0.1) is 11.5 Å². The molecule has 31 heavy (non-hydrogen) atoms. The molecule has 0 aromatic heterocycles. The lowest BCUT2D eigenvalue weighted by Crippen LogP contribution is -2.25. The molecular weight excluding hydrogens is 382 g/mol. The Morgan fingerprint density at radius 3 is 2.32 bits per heavy atom. The smallest absolute Gasteiger partial charge is 0.314 e. The van der Waals surface area contributed by atoms with Gasteiger partial charge in [0.1, 0.15) is 11.8 Å². The summed E-state index contributed by atoms with van der Waals surface area (Å²) in [6.07, 6.45) is 10.9. The number of nitrogens with zero attached hydrogens (tertiary/aromatic N) is 1. The maximum atomic E-state index is 12.7. The van der Waals surface area contributed by atoms with E-state index in [0.29, 0.717) is 17.2 Å². The van der Waals surface area contributed by atoms with Gasteiger partial charge in [-0.2, -0.15) is 5.26 Å². The molecule has 0 N–H and O–H groups in total. The van der Waals surface area contributed by atoms with Crippen LogP contribution in [0.3, 0.4) is 0 Å². The summed E-state index contributed by atoms with van der Waals surface area (Å²) in [6, 6.07) is 16.8. The van der Waals surface area contributed by atoms with Crippen molar-refractivity contribution in [2.45, 2.75) is 84.0 Å². The van der Waals surface area contributed by atoms with E-state index in [1.165, 1.54) is 43.2 Å². The molecular formula is C28H35NO2. The van der Waals surface area contributed by atoms with E-state index in [4.69, 9.17) is 4.74 Å². The van der Waals surface area contributed by atoms with Gasteiger partial charge in [-0.05, 0) is 79.7 Å². The number of hydrogen-bond donors (Lipinski definition) is 0. The van der Waals surface area contributed by atoms with E-state index in [1.54, 1.807) is 6.07 Å². The number of nitriles is 1. The number of aryl methyl sites for hydroxylation is 2. The summed E-state index contributed by atoms with van der Waals surface area (Å²) in [6.45, 7) is 4.29. The van der Waals surface area contributed by atoms with Gasteiger partial charge in [0, 0.05) is 0 Å². The summed E-state index contributed by atoms with van der Waals surface area (Å²) in [4.78, 5) is 12.7. The topological polar surface area (TPSA) is 50.1 Å². The maximum absolute atomic E-state index is 12.7. The Balaban J connectivity index is 1.50. The quantitative estimate of drug-likeness (QED) is 0.248. The third-order valence-electron chi connectivity index (χ3n) is 6.61. The molecule has 0 bridgehead atoms. The zero-order valence-corrected chi connectivity index (χ0v) is 19.0. The van der Waals surface area contributed by atoms with Crippen LogP contribution < -0.4 is 4.74 Å². The normalized spacial score (nSPS) is 18.4. The zero-order chi connectivity index (χ0) is 22.1. The molecule has 2 aromatic carbocycles. The summed E-state index contributed by atoms with van der Waals surface area (Å²) in [7, 11) is 0. The van der Waals surface area contributed by atoms with Gasteiger partial charge in [0.2, 0.25) is 0 Å². The zero-order valence-electron chi connectivity index (χ0n) is 19.0. The molecule has 0 aliphatic heterocycles. The average molecular weight is 418 g/mol. The first-order valence-electron chi connectivity index (χ1n) is 12.0. The van der Waals surface area contributed by atoms with Crippen LogP contribution in [0.25, 0.3) is 0 Å². The second-order valence-electron chi connectivity index (χ2n) is 8.82. The van der Waals surface area contributed by atoms with E-state index in [0.717, 1.165) is 37.7 Å². The van der Waals surface area contributed by atoms with Gasteiger partial charge < -0.3 is 4.74 Å². The van der Waals surface area contributed by atoms with Crippen LogP contribution in [0, 0.1) is 17.2 Å². The van der Waals surface area contributed by atoms with Crippen molar-refractivity contribution in [1.82, 2.24) is 0 Å². The van der Waals surface area contributed by atoms with Gasteiger partial charge in [-0.1, -0.05) is 63.4 Å². The predicted molar refractivity (Wildman–Crippen MR) is 125 cm³/mol. The van der Waals surface area contributed by atoms with E-state index in [2.05, 4.69) is 37.3 Å². The Kier molecular flexibility index (Phi) is 8.71. The SMILES string of the molecule is CCCCCCc1ccc(C2CCC(C(=O)Oc3ccc(CC)cc3C#N)CC2)cc1. The Bertz CT molecular complexity index is 886. The van der Waals surface area contributed by atoms with Crippen LogP contribution in [-0.2, 0) is 17.6 Å². The predicted octanol–water partition coefficient (Wildman–Crippen LogP) is 7.12. The van der Waals surface area contributed by atoms with Crippen LogP contribution in [0.4, 0.5) is 0 Å². The molecule has 1 fully saturated rings. The molecule has 0 saturated heterocycles. The number of rotatable bonds is 9. The Morgan fingerprint density at radius 2 is 1.68 bits per heavy atom. The summed E-state index contributed by atoms with van der Waals surface area (Å²) >= 11 is 0. The number of ether oxygens (including phenoxy) is 1. The summed E-state index contributed by atoms with van der Waals surface area (Å²) < 4.78 is 5.63.